The van der Waals surface area contributed by atoms with Crippen LogP contribution < -0.4 is 14.8 Å². The van der Waals surface area contributed by atoms with E-state index in [9.17, 15) is 4.79 Å². The van der Waals surface area contributed by atoms with Crippen molar-refractivity contribution in [2.45, 2.75) is 0 Å². The first-order valence-electron chi connectivity index (χ1n) is 9.36. The maximum absolute atomic E-state index is 13.2. The number of amides is 1. The van der Waals surface area contributed by atoms with Crippen LogP contribution in [0.15, 0.2) is 66.0 Å². The third-order valence-electron chi connectivity index (χ3n) is 4.43. The average Bonchev–Trinajstić information content (AvgIpc) is 3.50. The van der Waals surface area contributed by atoms with Crippen molar-refractivity contribution in [1.82, 2.24) is 10.2 Å². The van der Waals surface area contributed by atoms with E-state index in [1.807, 2.05) is 72.1 Å². The maximum Gasteiger partial charge on any atom is 0.258 e. The van der Waals surface area contributed by atoms with E-state index in [0.717, 1.165) is 21.0 Å². The predicted octanol–water partition coefficient (Wildman–Crippen LogP) is 5.46. The van der Waals surface area contributed by atoms with Crippen LogP contribution in [0.3, 0.4) is 0 Å². The molecule has 2 aromatic heterocycles. The molecule has 2 heterocycles. The molecule has 0 aliphatic heterocycles. The fourth-order valence-electron chi connectivity index (χ4n) is 2.94. The predicted molar refractivity (Wildman–Crippen MR) is 126 cm³/mol. The molecule has 0 saturated heterocycles. The summed E-state index contributed by atoms with van der Waals surface area (Å²) in [6, 6.07) is 18.9. The molecule has 0 saturated carbocycles. The number of aromatic nitrogens is 2. The average molecular weight is 450 g/mol. The highest BCUT2D eigenvalue weighted by Gasteiger charge is 2.16. The summed E-state index contributed by atoms with van der Waals surface area (Å²) in [6.07, 6.45) is 1.81. The molecule has 0 fully saturated rings. The highest BCUT2D eigenvalue weighted by molar-refractivity contribution is 7.23. The third-order valence-corrected chi connectivity index (χ3v) is 6.30. The number of hydrogen-bond acceptors (Lipinski definition) is 7. The molecule has 8 heteroatoms. The zero-order valence-electron chi connectivity index (χ0n) is 16.9. The zero-order chi connectivity index (χ0) is 21.6. The van der Waals surface area contributed by atoms with E-state index >= 15 is 0 Å². The Morgan fingerprint density at radius 3 is 2.48 bits per heavy atom. The normalized spacial score (nSPS) is 11.2. The van der Waals surface area contributed by atoms with Crippen molar-refractivity contribution in [2.24, 2.45) is 0 Å². The van der Waals surface area contributed by atoms with E-state index in [1.165, 1.54) is 11.3 Å². The van der Waals surface area contributed by atoms with Crippen LogP contribution in [-0.2, 0) is 4.79 Å². The molecule has 1 N–H and O–H groups in total. The number of carbonyl (C=O) groups is 1. The second-order valence-electron chi connectivity index (χ2n) is 6.38. The van der Waals surface area contributed by atoms with Gasteiger partial charge in [-0.15, -0.1) is 21.5 Å². The lowest BCUT2D eigenvalue weighted by molar-refractivity contribution is -0.111. The summed E-state index contributed by atoms with van der Waals surface area (Å²) in [4.78, 5) is 14.2. The number of methoxy groups -OCH3 is 2. The second kappa shape index (κ2) is 9.55. The van der Waals surface area contributed by atoms with Gasteiger partial charge in [-0.25, -0.2) is 0 Å². The first-order valence-corrected chi connectivity index (χ1v) is 11.1. The van der Waals surface area contributed by atoms with Gasteiger partial charge in [0, 0.05) is 5.57 Å². The van der Waals surface area contributed by atoms with E-state index in [2.05, 4.69) is 15.5 Å². The second-order valence-corrected chi connectivity index (χ2v) is 8.31. The lowest BCUT2D eigenvalue weighted by Crippen LogP contribution is -2.13. The maximum atomic E-state index is 13.2. The summed E-state index contributed by atoms with van der Waals surface area (Å²) >= 11 is 2.92. The van der Waals surface area contributed by atoms with Gasteiger partial charge in [0.1, 0.15) is 0 Å². The number of benzene rings is 2. The largest absolute Gasteiger partial charge is 0.493 e. The Labute approximate surface area is 187 Å². The minimum atomic E-state index is -0.269. The number of anilines is 1. The van der Waals surface area contributed by atoms with Gasteiger partial charge in [-0.2, -0.15) is 0 Å². The molecule has 0 aliphatic rings. The molecule has 156 valence electrons. The smallest absolute Gasteiger partial charge is 0.258 e. The molecule has 6 nitrogen and oxygen atoms in total. The SMILES string of the molecule is COc1ccc(/C=C(/C(=O)Nc2nnc(-c3cccs3)s2)c2ccccc2)cc1OC. The summed E-state index contributed by atoms with van der Waals surface area (Å²) in [5, 5.41) is 14.4. The molecular weight excluding hydrogens is 430 g/mol. The number of hydrogen-bond donors (Lipinski definition) is 1. The number of rotatable bonds is 7. The summed E-state index contributed by atoms with van der Waals surface area (Å²) < 4.78 is 10.7. The molecule has 0 radical (unpaired) electrons. The molecule has 0 unspecified atom stereocenters. The molecule has 2 aromatic carbocycles. The number of carbonyl (C=O) groups excluding carboxylic acids is 1. The Bertz CT molecular complexity index is 1200. The van der Waals surface area contributed by atoms with Gasteiger partial charge in [0.2, 0.25) is 5.13 Å². The summed E-state index contributed by atoms with van der Waals surface area (Å²) in [5.74, 6) is 0.948. The summed E-state index contributed by atoms with van der Waals surface area (Å²) in [7, 11) is 3.17. The van der Waals surface area contributed by atoms with Crippen molar-refractivity contribution < 1.29 is 14.3 Å². The first-order chi connectivity index (χ1) is 15.2. The van der Waals surface area contributed by atoms with Gasteiger partial charge in [0.15, 0.2) is 16.5 Å². The topological polar surface area (TPSA) is 73.3 Å². The van der Waals surface area contributed by atoms with Crippen LogP contribution in [0, 0.1) is 0 Å². The molecule has 1 amide bonds. The van der Waals surface area contributed by atoms with Gasteiger partial charge in [0.25, 0.3) is 5.91 Å². The van der Waals surface area contributed by atoms with Crippen molar-refractivity contribution in [3.05, 3.63) is 77.2 Å². The standard InChI is InChI=1S/C23H19N3O3S2/c1-28-18-11-10-15(14-19(18)29-2)13-17(16-7-4-3-5-8-16)21(27)24-23-26-25-22(31-23)20-9-6-12-30-20/h3-14H,1-2H3,(H,24,26,27)/b17-13+. The van der Waals surface area contributed by atoms with Crippen molar-refractivity contribution in [3.63, 3.8) is 0 Å². The van der Waals surface area contributed by atoms with Crippen molar-refractivity contribution >= 4 is 45.4 Å². The van der Waals surface area contributed by atoms with Crippen molar-refractivity contribution in [2.75, 3.05) is 19.5 Å². The summed E-state index contributed by atoms with van der Waals surface area (Å²) in [5.41, 5.74) is 2.10. The van der Waals surface area contributed by atoms with Gasteiger partial charge in [-0.05, 0) is 40.8 Å². The molecule has 0 bridgehead atoms. The van der Waals surface area contributed by atoms with E-state index < -0.39 is 0 Å². The molecule has 4 aromatic rings. The number of nitrogens with one attached hydrogen (secondary N) is 1. The highest BCUT2D eigenvalue weighted by Crippen LogP contribution is 2.32. The lowest BCUT2D eigenvalue weighted by atomic mass is 10.0. The summed E-state index contributed by atoms with van der Waals surface area (Å²) in [6.45, 7) is 0. The Hall–Kier alpha value is -3.49. The van der Waals surface area contributed by atoms with Crippen LogP contribution in [0.5, 0.6) is 11.5 Å². The van der Waals surface area contributed by atoms with Crippen molar-refractivity contribution in [3.8, 4) is 21.4 Å². The minimum absolute atomic E-state index is 0.269. The van der Waals surface area contributed by atoms with E-state index in [0.29, 0.717) is 22.2 Å². The van der Waals surface area contributed by atoms with E-state index in [-0.39, 0.29) is 5.91 Å². The first kappa shape index (κ1) is 20.8. The molecule has 0 aliphatic carbocycles. The fraction of sp³-hybridized carbons (Fsp3) is 0.0870. The lowest BCUT2D eigenvalue weighted by Gasteiger charge is -2.10. The van der Waals surface area contributed by atoms with Crippen LogP contribution in [0.4, 0.5) is 5.13 Å². The Balaban J connectivity index is 1.66. The van der Waals surface area contributed by atoms with Crippen LogP contribution in [-0.4, -0.2) is 30.3 Å². The zero-order valence-corrected chi connectivity index (χ0v) is 18.5. The van der Waals surface area contributed by atoms with Crippen molar-refractivity contribution in [1.29, 1.82) is 0 Å². The number of thiophene rings is 1. The van der Waals surface area contributed by atoms with Gasteiger partial charge in [0.05, 0.1) is 19.1 Å². The van der Waals surface area contributed by atoms with E-state index in [4.69, 9.17) is 9.47 Å². The monoisotopic (exact) mass is 449 g/mol. The van der Waals surface area contributed by atoms with Gasteiger partial charge in [-0.1, -0.05) is 53.8 Å². The Morgan fingerprint density at radius 2 is 1.77 bits per heavy atom. The molecule has 0 atom stereocenters. The molecule has 0 spiro atoms. The molecular formula is C23H19N3O3S2. The number of ether oxygens (including phenoxy) is 2. The quantitative estimate of drug-likeness (QED) is 0.299. The molecule has 31 heavy (non-hydrogen) atoms. The van der Waals surface area contributed by atoms with Crippen LogP contribution >= 0.6 is 22.7 Å². The molecule has 4 rings (SSSR count). The van der Waals surface area contributed by atoms with Crippen LogP contribution in [0.25, 0.3) is 21.5 Å². The third kappa shape index (κ3) is 4.82. The van der Waals surface area contributed by atoms with Gasteiger partial charge < -0.3 is 9.47 Å². The Kier molecular flexibility index (Phi) is 6.40. The fourth-order valence-corrected chi connectivity index (χ4v) is 4.48. The number of nitrogens with zero attached hydrogens (tertiary/aromatic N) is 2. The van der Waals surface area contributed by atoms with Crippen LogP contribution in [0.1, 0.15) is 11.1 Å². The highest BCUT2D eigenvalue weighted by atomic mass is 32.1. The minimum Gasteiger partial charge on any atom is -0.493 e. The van der Waals surface area contributed by atoms with Gasteiger partial charge in [-0.3, -0.25) is 10.1 Å². The van der Waals surface area contributed by atoms with Crippen LogP contribution in [0.2, 0.25) is 0 Å². The Morgan fingerprint density at radius 1 is 0.968 bits per heavy atom. The van der Waals surface area contributed by atoms with E-state index in [1.54, 1.807) is 25.6 Å². The van der Waals surface area contributed by atoms with Gasteiger partial charge >= 0.3 is 0 Å².